The van der Waals surface area contributed by atoms with E-state index in [0.717, 1.165) is 72.3 Å². The molecule has 0 saturated carbocycles. The maximum atomic E-state index is 12.7. The van der Waals surface area contributed by atoms with E-state index in [4.69, 9.17) is 10.1 Å². The van der Waals surface area contributed by atoms with Gasteiger partial charge in [0.2, 0.25) is 5.91 Å². The molecular weight excluding hydrogens is 394 g/mol. The Morgan fingerprint density at radius 2 is 2.03 bits per heavy atom. The van der Waals surface area contributed by atoms with E-state index in [0.29, 0.717) is 5.91 Å². The SMILES string of the molecule is CCC[C@H](C)C(=O)N1CCCN(c2nc3c(s2)c(C)nn3-c2cccc(C)c2)CC1. The maximum absolute atomic E-state index is 12.7. The summed E-state index contributed by atoms with van der Waals surface area (Å²) in [6.45, 7) is 11.7. The third-order valence-electron chi connectivity index (χ3n) is 5.84. The summed E-state index contributed by atoms with van der Waals surface area (Å²) in [6, 6.07) is 8.36. The fraction of sp³-hybridized carbons (Fsp3) is 0.522. The molecule has 3 heterocycles. The van der Waals surface area contributed by atoms with E-state index in [1.807, 2.05) is 9.58 Å². The standard InChI is InChI=1S/C23H31N5OS/c1-5-8-17(3)22(29)26-11-7-12-27(14-13-26)23-24-21-20(30-23)18(4)25-28(21)19-10-6-9-16(2)15-19/h6,9-10,15,17H,5,7-8,11-14H2,1-4H3/t17-/m0/s1. The summed E-state index contributed by atoms with van der Waals surface area (Å²) in [5.74, 6) is 0.417. The minimum Gasteiger partial charge on any atom is -0.346 e. The van der Waals surface area contributed by atoms with Crippen LogP contribution in [0.3, 0.4) is 0 Å². The van der Waals surface area contributed by atoms with Crippen LogP contribution in [0.5, 0.6) is 0 Å². The lowest BCUT2D eigenvalue weighted by Gasteiger charge is -2.24. The zero-order chi connectivity index (χ0) is 21.3. The Bertz CT molecular complexity index is 1040. The Kier molecular flexibility index (Phi) is 6.09. The van der Waals surface area contributed by atoms with Gasteiger partial charge in [0.25, 0.3) is 0 Å². The first kappa shape index (κ1) is 20.8. The van der Waals surface area contributed by atoms with E-state index in [-0.39, 0.29) is 5.92 Å². The zero-order valence-electron chi connectivity index (χ0n) is 18.4. The fourth-order valence-electron chi connectivity index (χ4n) is 4.20. The van der Waals surface area contributed by atoms with Gasteiger partial charge in [-0.2, -0.15) is 10.1 Å². The molecule has 30 heavy (non-hydrogen) atoms. The first-order valence-electron chi connectivity index (χ1n) is 10.9. The number of carbonyl (C=O) groups excluding carboxylic acids is 1. The Hall–Kier alpha value is -2.41. The van der Waals surface area contributed by atoms with Crippen LogP contribution in [0.1, 0.15) is 44.4 Å². The summed E-state index contributed by atoms with van der Waals surface area (Å²) in [5.41, 5.74) is 4.18. The van der Waals surface area contributed by atoms with Gasteiger partial charge in [-0.3, -0.25) is 4.79 Å². The van der Waals surface area contributed by atoms with Gasteiger partial charge in [-0.05, 0) is 44.4 Å². The van der Waals surface area contributed by atoms with Crippen molar-refractivity contribution in [1.82, 2.24) is 19.7 Å². The molecule has 0 radical (unpaired) electrons. The van der Waals surface area contributed by atoms with Crippen molar-refractivity contribution < 1.29 is 4.79 Å². The van der Waals surface area contributed by atoms with E-state index in [2.05, 4.69) is 56.9 Å². The predicted octanol–water partition coefficient (Wildman–Crippen LogP) is 4.57. The average Bonchev–Trinajstić information content (AvgIpc) is 3.19. The van der Waals surface area contributed by atoms with E-state index in [1.54, 1.807) is 11.3 Å². The fourth-order valence-corrected chi connectivity index (χ4v) is 5.23. The van der Waals surface area contributed by atoms with Crippen molar-refractivity contribution in [2.75, 3.05) is 31.1 Å². The molecule has 1 fully saturated rings. The average molecular weight is 426 g/mol. The van der Waals surface area contributed by atoms with Gasteiger partial charge >= 0.3 is 0 Å². The summed E-state index contributed by atoms with van der Waals surface area (Å²) < 4.78 is 3.10. The highest BCUT2D eigenvalue weighted by atomic mass is 32.1. The smallest absolute Gasteiger partial charge is 0.225 e. The molecule has 0 spiro atoms. The van der Waals surface area contributed by atoms with E-state index < -0.39 is 0 Å². The number of amides is 1. The van der Waals surface area contributed by atoms with Crippen LogP contribution in [0, 0.1) is 19.8 Å². The van der Waals surface area contributed by atoms with E-state index in [1.165, 1.54) is 5.56 Å². The van der Waals surface area contributed by atoms with E-state index in [9.17, 15) is 4.79 Å². The molecule has 1 amide bonds. The van der Waals surface area contributed by atoms with Crippen molar-refractivity contribution in [3.8, 4) is 5.69 Å². The van der Waals surface area contributed by atoms with Crippen molar-refractivity contribution in [1.29, 1.82) is 0 Å². The van der Waals surface area contributed by atoms with Crippen LogP contribution >= 0.6 is 11.3 Å². The van der Waals surface area contributed by atoms with Crippen LogP contribution in [0.4, 0.5) is 5.13 Å². The molecule has 1 aliphatic heterocycles. The van der Waals surface area contributed by atoms with Crippen LogP contribution < -0.4 is 4.90 Å². The Morgan fingerprint density at radius 3 is 2.80 bits per heavy atom. The summed E-state index contributed by atoms with van der Waals surface area (Å²) in [5, 5.41) is 5.76. The van der Waals surface area contributed by atoms with Gasteiger partial charge in [0.15, 0.2) is 10.8 Å². The van der Waals surface area contributed by atoms with Crippen molar-refractivity contribution in [3.63, 3.8) is 0 Å². The largest absolute Gasteiger partial charge is 0.346 e. The summed E-state index contributed by atoms with van der Waals surface area (Å²) in [7, 11) is 0. The molecular formula is C23H31N5OS. The predicted molar refractivity (Wildman–Crippen MR) is 124 cm³/mol. The van der Waals surface area contributed by atoms with Crippen molar-refractivity contribution in [2.45, 2.75) is 47.0 Å². The van der Waals surface area contributed by atoms with Gasteiger partial charge in [0.05, 0.1) is 16.1 Å². The second-order valence-corrected chi connectivity index (χ2v) is 9.32. The third kappa shape index (κ3) is 4.08. The van der Waals surface area contributed by atoms with Crippen molar-refractivity contribution in [2.24, 2.45) is 5.92 Å². The Morgan fingerprint density at radius 1 is 1.20 bits per heavy atom. The summed E-state index contributed by atoms with van der Waals surface area (Å²) in [4.78, 5) is 22.1. The summed E-state index contributed by atoms with van der Waals surface area (Å²) in [6.07, 6.45) is 2.99. The number of aromatic nitrogens is 3. The molecule has 160 valence electrons. The van der Waals surface area contributed by atoms with Crippen LogP contribution in [-0.2, 0) is 4.79 Å². The number of benzene rings is 1. The number of carbonyl (C=O) groups is 1. The quantitative estimate of drug-likeness (QED) is 0.601. The number of hydrogen-bond donors (Lipinski definition) is 0. The highest BCUT2D eigenvalue weighted by molar-refractivity contribution is 7.22. The molecule has 0 N–H and O–H groups in total. The molecule has 1 saturated heterocycles. The first-order chi connectivity index (χ1) is 14.5. The molecule has 1 aliphatic rings. The lowest BCUT2D eigenvalue weighted by molar-refractivity contribution is -0.135. The topological polar surface area (TPSA) is 54.3 Å². The lowest BCUT2D eigenvalue weighted by Crippen LogP contribution is -2.38. The number of thiazole rings is 1. The van der Waals surface area contributed by atoms with Gasteiger partial charge in [-0.25, -0.2) is 4.68 Å². The molecule has 4 rings (SSSR count). The number of rotatable bonds is 5. The molecule has 1 atom stereocenters. The van der Waals surface area contributed by atoms with Gasteiger partial charge in [-0.15, -0.1) is 0 Å². The number of hydrogen-bond acceptors (Lipinski definition) is 5. The molecule has 1 aromatic carbocycles. The second kappa shape index (κ2) is 8.76. The summed E-state index contributed by atoms with van der Waals surface area (Å²) >= 11 is 1.71. The molecule has 6 nitrogen and oxygen atoms in total. The monoisotopic (exact) mass is 425 g/mol. The Balaban J connectivity index is 1.55. The number of anilines is 1. The number of fused-ring (bicyclic) bond motifs is 1. The number of nitrogens with zero attached hydrogens (tertiary/aromatic N) is 5. The van der Waals surface area contributed by atoms with Gasteiger partial charge < -0.3 is 9.80 Å². The van der Waals surface area contributed by atoms with Crippen LogP contribution in [-0.4, -0.2) is 51.8 Å². The molecule has 0 bridgehead atoms. The maximum Gasteiger partial charge on any atom is 0.225 e. The molecule has 3 aromatic rings. The van der Waals surface area contributed by atoms with Gasteiger partial charge in [0, 0.05) is 32.1 Å². The van der Waals surface area contributed by atoms with E-state index >= 15 is 0 Å². The number of aryl methyl sites for hydroxylation is 2. The first-order valence-corrected chi connectivity index (χ1v) is 11.8. The normalized spacial score (nSPS) is 16.1. The van der Waals surface area contributed by atoms with Crippen LogP contribution in [0.2, 0.25) is 0 Å². The highest BCUT2D eigenvalue weighted by Gasteiger charge is 2.25. The lowest BCUT2D eigenvalue weighted by atomic mass is 10.0. The zero-order valence-corrected chi connectivity index (χ0v) is 19.2. The molecule has 2 aromatic heterocycles. The van der Waals surface area contributed by atoms with Gasteiger partial charge in [0.1, 0.15) is 0 Å². The third-order valence-corrected chi connectivity index (χ3v) is 7.06. The molecule has 0 aliphatic carbocycles. The van der Waals surface area contributed by atoms with Crippen LogP contribution in [0.15, 0.2) is 24.3 Å². The van der Waals surface area contributed by atoms with Crippen molar-refractivity contribution in [3.05, 3.63) is 35.5 Å². The van der Waals surface area contributed by atoms with Crippen molar-refractivity contribution >= 4 is 32.7 Å². The molecule has 0 unspecified atom stereocenters. The minimum absolute atomic E-state index is 0.118. The van der Waals surface area contributed by atoms with Gasteiger partial charge in [-0.1, -0.05) is 43.7 Å². The highest BCUT2D eigenvalue weighted by Crippen LogP contribution is 2.33. The second-order valence-electron chi connectivity index (χ2n) is 8.34. The minimum atomic E-state index is 0.118. The van der Waals surface area contributed by atoms with Crippen LogP contribution in [0.25, 0.3) is 16.0 Å². The Labute approximate surface area is 182 Å². The molecule has 7 heteroatoms.